The highest BCUT2D eigenvalue weighted by Crippen LogP contribution is 2.38. The minimum absolute atomic E-state index is 0.141. The molecule has 0 aliphatic rings. The molecule has 1 unspecified atom stereocenters. The van der Waals surface area contributed by atoms with Gasteiger partial charge in [-0.05, 0) is 52.7 Å². The molecule has 6 heteroatoms. The number of rotatable bonds is 4. The number of hydrogen-bond donors (Lipinski definition) is 1. The maximum atomic E-state index is 13.1. The largest absolute Gasteiger partial charge is 0.493 e. The third-order valence-corrected chi connectivity index (χ3v) is 4.15. The van der Waals surface area contributed by atoms with Crippen LogP contribution in [0.5, 0.6) is 5.75 Å². The Morgan fingerprint density at radius 3 is 2.57 bits per heavy atom. The summed E-state index contributed by atoms with van der Waals surface area (Å²) in [5.41, 5.74) is 1.51. The lowest BCUT2D eigenvalue weighted by Crippen LogP contribution is -2.08. The highest BCUT2D eigenvalue weighted by atomic mass is 79.9. The van der Waals surface area contributed by atoms with E-state index >= 15 is 0 Å². The summed E-state index contributed by atoms with van der Waals surface area (Å²) in [6.07, 6.45) is 0. The quantitative estimate of drug-likeness (QED) is 0.680. The second-order valence-electron chi connectivity index (χ2n) is 4.50. The topological polar surface area (TPSA) is 21.3 Å². The summed E-state index contributed by atoms with van der Waals surface area (Å²) in [5.74, 6) is 0.281. The Morgan fingerprint density at radius 1 is 1.24 bits per heavy atom. The van der Waals surface area contributed by atoms with Gasteiger partial charge in [-0.3, -0.25) is 0 Å². The van der Waals surface area contributed by atoms with Gasteiger partial charge in [-0.1, -0.05) is 29.3 Å². The monoisotopic (exact) mass is 391 g/mol. The molecule has 0 heterocycles. The van der Waals surface area contributed by atoms with Gasteiger partial charge >= 0.3 is 0 Å². The normalized spacial score (nSPS) is 12.1. The van der Waals surface area contributed by atoms with Gasteiger partial charge in [-0.2, -0.15) is 0 Å². The Morgan fingerprint density at radius 2 is 1.95 bits per heavy atom. The van der Waals surface area contributed by atoms with Crippen molar-refractivity contribution in [3.63, 3.8) is 0 Å². The standard InChI is InChI=1S/C15H13BrCl2FNO/c1-8(11-4-3-10(19)7-13(11)18)20-14-6-9(17)5-12(16)15(14)21-2/h3-8,20H,1-2H3. The number of nitrogens with one attached hydrogen (secondary N) is 1. The van der Waals surface area contributed by atoms with Crippen molar-refractivity contribution in [3.8, 4) is 5.75 Å². The van der Waals surface area contributed by atoms with Gasteiger partial charge in [0.15, 0.2) is 5.75 Å². The highest BCUT2D eigenvalue weighted by molar-refractivity contribution is 9.10. The van der Waals surface area contributed by atoms with Crippen LogP contribution in [-0.4, -0.2) is 7.11 Å². The van der Waals surface area contributed by atoms with Crippen molar-refractivity contribution >= 4 is 44.8 Å². The maximum Gasteiger partial charge on any atom is 0.156 e. The summed E-state index contributed by atoms with van der Waals surface area (Å²) in [7, 11) is 1.58. The summed E-state index contributed by atoms with van der Waals surface area (Å²) in [5, 5.41) is 4.22. The minimum atomic E-state index is -0.362. The van der Waals surface area contributed by atoms with Crippen LogP contribution in [0.2, 0.25) is 10.0 Å². The summed E-state index contributed by atoms with van der Waals surface area (Å²) >= 11 is 15.5. The summed E-state index contributed by atoms with van der Waals surface area (Å²) < 4.78 is 19.2. The first-order valence-corrected chi connectivity index (χ1v) is 7.71. The molecule has 21 heavy (non-hydrogen) atoms. The predicted octanol–water partition coefficient (Wildman–Crippen LogP) is 6.08. The second kappa shape index (κ2) is 6.86. The van der Waals surface area contributed by atoms with Crippen LogP contribution >= 0.6 is 39.1 Å². The maximum absolute atomic E-state index is 13.1. The zero-order valence-electron chi connectivity index (χ0n) is 11.4. The number of anilines is 1. The molecule has 2 nitrogen and oxygen atoms in total. The fourth-order valence-electron chi connectivity index (χ4n) is 2.04. The number of hydrogen-bond acceptors (Lipinski definition) is 2. The Bertz CT molecular complexity index is 666. The van der Waals surface area contributed by atoms with Crippen LogP contribution in [0.3, 0.4) is 0 Å². The Hall–Kier alpha value is -0.970. The third-order valence-electron chi connectivity index (χ3n) is 3.01. The summed E-state index contributed by atoms with van der Waals surface area (Å²) in [6, 6.07) is 7.70. The number of ether oxygens (including phenoxy) is 1. The van der Waals surface area contributed by atoms with E-state index in [1.807, 2.05) is 6.92 Å². The molecular formula is C15H13BrCl2FNO. The first kappa shape index (κ1) is 16.4. The molecule has 0 saturated heterocycles. The lowest BCUT2D eigenvalue weighted by Gasteiger charge is -2.20. The van der Waals surface area contributed by atoms with Gasteiger partial charge in [-0.25, -0.2) is 4.39 Å². The van der Waals surface area contributed by atoms with E-state index in [1.165, 1.54) is 12.1 Å². The van der Waals surface area contributed by atoms with Crippen LogP contribution in [0.15, 0.2) is 34.8 Å². The van der Waals surface area contributed by atoms with Crippen molar-refractivity contribution in [1.82, 2.24) is 0 Å². The molecule has 0 aliphatic heterocycles. The number of methoxy groups -OCH3 is 1. The molecule has 1 atom stereocenters. The second-order valence-corrected chi connectivity index (χ2v) is 6.20. The molecule has 0 aliphatic carbocycles. The molecule has 1 N–H and O–H groups in total. The molecule has 0 bridgehead atoms. The van der Waals surface area contributed by atoms with Crippen LogP contribution in [-0.2, 0) is 0 Å². The average Bonchev–Trinajstić information content (AvgIpc) is 2.37. The fourth-order valence-corrected chi connectivity index (χ4v) is 3.34. The minimum Gasteiger partial charge on any atom is -0.493 e. The molecule has 2 rings (SSSR count). The third kappa shape index (κ3) is 3.82. The first-order chi connectivity index (χ1) is 9.92. The van der Waals surface area contributed by atoms with Gasteiger partial charge in [0, 0.05) is 10.0 Å². The van der Waals surface area contributed by atoms with Crippen molar-refractivity contribution in [2.24, 2.45) is 0 Å². The van der Waals surface area contributed by atoms with Gasteiger partial charge in [0.25, 0.3) is 0 Å². The van der Waals surface area contributed by atoms with Crippen LogP contribution in [0.4, 0.5) is 10.1 Å². The summed E-state index contributed by atoms with van der Waals surface area (Å²) in [6.45, 7) is 1.92. The van der Waals surface area contributed by atoms with Crippen molar-refractivity contribution in [2.45, 2.75) is 13.0 Å². The van der Waals surface area contributed by atoms with E-state index in [-0.39, 0.29) is 11.9 Å². The lowest BCUT2D eigenvalue weighted by atomic mass is 10.1. The molecule has 0 saturated carbocycles. The van der Waals surface area contributed by atoms with E-state index in [4.69, 9.17) is 27.9 Å². The van der Waals surface area contributed by atoms with Gasteiger partial charge in [0.2, 0.25) is 0 Å². The van der Waals surface area contributed by atoms with Crippen molar-refractivity contribution in [3.05, 3.63) is 56.2 Å². The predicted molar refractivity (Wildman–Crippen MR) is 89.2 cm³/mol. The fraction of sp³-hybridized carbons (Fsp3) is 0.200. The van der Waals surface area contributed by atoms with Crippen LogP contribution < -0.4 is 10.1 Å². The van der Waals surface area contributed by atoms with Crippen molar-refractivity contribution in [1.29, 1.82) is 0 Å². The van der Waals surface area contributed by atoms with E-state index in [0.717, 1.165) is 15.7 Å². The number of benzene rings is 2. The van der Waals surface area contributed by atoms with Crippen LogP contribution in [0, 0.1) is 5.82 Å². The Balaban J connectivity index is 2.33. The molecule has 0 amide bonds. The van der Waals surface area contributed by atoms with Gasteiger partial charge < -0.3 is 10.1 Å². The van der Waals surface area contributed by atoms with Gasteiger partial charge in [-0.15, -0.1) is 0 Å². The molecule has 0 aromatic heterocycles. The van der Waals surface area contributed by atoms with E-state index in [2.05, 4.69) is 21.2 Å². The molecule has 112 valence electrons. The zero-order chi connectivity index (χ0) is 15.6. The Kier molecular flexibility index (Phi) is 5.36. The SMILES string of the molecule is COc1c(Br)cc(Cl)cc1NC(C)c1ccc(F)cc1Cl. The van der Waals surface area contributed by atoms with Crippen LogP contribution in [0.1, 0.15) is 18.5 Å². The Labute approximate surface area is 141 Å². The first-order valence-electron chi connectivity index (χ1n) is 6.17. The van der Waals surface area contributed by atoms with Gasteiger partial charge in [0.05, 0.1) is 23.3 Å². The summed E-state index contributed by atoms with van der Waals surface area (Å²) in [4.78, 5) is 0. The highest BCUT2D eigenvalue weighted by Gasteiger charge is 2.15. The smallest absolute Gasteiger partial charge is 0.156 e. The van der Waals surface area contributed by atoms with Crippen LogP contribution in [0.25, 0.3) is 0 Å². The number of halogens is 4. The zero-order valence-corrected chi connectivity index (χ0v) is 14.5. The van der Waals surface area contributed by atoms with E-state index in [9.17, 15) is 4.39 Å². The van der Waals surface area contributed by atoms with E-state index < -0.39 is 0 Å². The average molecular weight is 393 g/mol. The molecule has 0 spiro atoms. The van der Waals surface area contributed by atoms with E-state index in [0.29, 0.717) is 15.8 Å². The molecule has 2 aromatic carbocycles. The molecule has 0 radical (unpaired) electrons. The molecule has 2 aromatic rings. The molecular weight excluding hydrogens is 380 g/mol. The van der Waals surface area contributed by atoms with Crippen molar-refractivity contribution < 1.29 is 9.13 Å². The van der Waals surface area contributed by atoms with Crippen molar-refractivity contribution in [2.75, 3.05) is 12.4 Å². The van der Waals surface area contributed by atoms with E-state index in [1.54, 1.807) is 25.3 Å². The molecule has 0 fully saturated rings. The van der Waals surface area contributed by atoms with Gasteiger partial charge in [0.1, 0.15) is 5.82 Å². The lowest BCUT2D eigenvalue weighted by molar-refractivity contribution is 0.413.